The van der Waals surface area contributed by atoms with E-state index in [9.17, 15) is 9.90 Å². The molecule has 18 heavy (non-hydrogen) atoms. The quantitative estimate of drug-likeness (QED) is 0.722. The Balaban J connectivity index is 1.96. The Hall–Kier alpha value is -1.59. The van der Waals surface area contributed by atoms with Gasteiger partial charge in [0.1, 0.15) is 5.75 Å². The van der Waals surface area contributed by atoms with E-state index in [1.54, 1.807) is 14.0 Å². The second-order valence-corrected chi connectivity index (χ2v) is 4.70. The number of rotatable bonds is 4. The molecule has 0 unspecified atom stereocenters. The molecule has 1 saturated heterocycles. The van der Waals surface area contributed by atoms with Crippen LogP contribution >= 0.6 is 0 Å². The fourth-order valence-corrected chi connectivity index (χ4v) is 2.06. The summed E-state index contributed by atoms with van der Waals surface area (Å²) < 4.78 is 5.09. The summed E-state index contributed by atoms with van der Waals surface area (Å²) in [5, 5.41) is 14.6. The van der Waals surface area contributed by atoms with Crippen molar-refractivity contribution in [2.75, 3.05) is 7.11 Å². The van der Waals surface area contributed by atoms with Gasteiger partial charge in [0.2, 0.25) is 5.91 Å². The van der Waals surface area contributed by atoms with E-state index in [1.807, 2.05) is 24.3 Å². The molecule has 0 radical (unpaired) electrons. The average molecular weight is 250 g/mol. The topological polar surface area (TPSA) is 70.6 Å². The largest absolute Gasteiger partial charge is 0.497 e. The molecule has 1 aromatic carbocycles. The molecule has 1 amide bonds. The van der Waals surface area contributed by atoms with Gasteiger partial charge >= 0.3 is 0 Å². The smallest absolute Gasteiger partial charge is 0.243 e. The highest BCUT2D eigenvalue weighted by Gasteiger charge is 2.41. The maximum absolute atomic E-state index is 11.7. The van der Waals surface area contributed by atoms with E-state index in [-0.39, 0.29) is 5.91 Å². The summed E-state index contributed by atoms with van der Waals surface area (Å²) in [5.41, 5.74) is 0.423. The van der Waals surface area contributed by atoms with Crippen LogP contribution in [0.25, 0.3) is 0 Å². The van der Waals surface area contributed by atoms with Crippen LogP contribution in [0.3, 0.4) is 0 Å². The predicted molar refractivity (Wildman–Crippen MR) is 67.0 cm³/mol. The molecule has 3 N–H and O–H groups in total. The average Bonchev–Trinajstić information content (AvgIpc) is 2.61. The molecule has 0 bridgehead atoms. The van der Waals surface area contributed by atoms with Crippen LogP contribution in [0.4, 0.5) is 0 Å². The van der Waals surface area contributed by atoms with Crippen molar-refractivity contribution in [3.05, 3.63) is 29.8 Å². The molecule has 1 aliphatic heterocycles. The molecular weight excluding hydrogens is 232 g/mol. The molecule has 2 rings (SSSR count). The van der Waals surface area contributed by atoms with Gasteiger partial charge in [-0.1, -0.05) is 12.1 Å². The van der Waals surface area contributed by atoms with Crippen LogP contribution in [0.5, 0.6) is 5.75 Å². The van der Waals surface area contributed by atoms with Crippen molar-refractivity contribution < 1.29 is 14.6 Å². The maximum atomic E-state index is 11.7. The number of aliphatic hydroxyl groups is 1. The van der Waals surface area contributed by atoms with Gasteiger partial charge in [-0.05, 0) is 37.5 Å². The molecular formula is C13H18N2O3. The lowest BCUT2D eigenvalue weighted by Crippen LogP contribution is -2.44. The van der Waals surface area contributed by atoms with Gasteiger partial charge in [0.15, 0.2) is 6.35 Å². The summed E-state index contributed by atoms with van der Waals surface area (Å²) >= 11 is 0. The Morgan fingerprint density at radius 1 is 1.39 bits per heavy atom. The number of hydrogen-bond acceptors (Lipinski definition) is 4. The molecule has 1 aromatic rings. The fraction of sp³-hybridized carbons (Fsp3) is 0.462. The molecule has 1 heterocycles. The number of benzene rings is 1. The van der Waals surface area contributed by atoms with E-state index >= 15 is 0 Å². The third kappa shape index (κ3) is 2.63. The summed E-state index contributed by atoms with van der Waals surface area (Å²) in [4.78, 5) is 11.7. The van der Waals surface area contributed by atoms with Crippen molar-refractivity contribution in [1.29, 1.82) is 0 Å². The van der Waals surface area contributed by atoms with Crippen molar-refractivity contribution in [3.63, 3.8) is 0 Å². The Morgan fingerprint density at radius 3 is 2.56 bits per heavy atom. The summed E-state index contributed by atoms with van der Waals surface area (Å²) in [7, 11) is 1.63. The molecule has 5 nitrogen and oxygen atoms in total. The molecule has 1 fully saturated rings. The molecule has 5 heteroatoms. The zero-order chi connectivity index (χ0) is 13.2. The van der Waals surface area contributed by atoms with Gasteiger partial charge in [-0.2, -0.15) is 0 Å². The van der Waals surface area contributed by atoms with Crippen molar-refractivity contribution in [2.45, 2.75) is 31.7 Å². The second-order valence-electron chi connectivity index (χ2n) is 4.70. The van der Waals surface area contributed by atoms with Gasteiger partial charge in [0.25, 0.3) is 0 Å². The highest BCUT2D eigenvalue weighted by molar-refractivity contribution is 5.88. The number of methoxy groups -OCH3 is 1. The Bertz CT molecular complexity index is 432. The van der Waals surface area contributed by atoms with Crippen molar-refractivity contribution in [1.82, 2.24) is 10.6 Å². The normalized spacial score (nSPS) is 27.1. The maximum Gasteiger partial charge on any atom is 0.243 e. The number of nitrogens with one attached hydrogen (secondary N) is 2. The van der Waals surface area contributed by atoms with Gasteiger partial charge in [-0.15, -0.1) is 0 Å². The number of hydrogen-bond donors (Lipinski definition) is 3. The van der Waals surface area contributed by atoms with E-state index in [4.69, 9.17) is 4.74 Å². The highest BCUT2D eigenvalue weighted by atomic mass is 16.5. The van der Waals surface area contributed by atoms with Crippen LogP contribution in [0.15, 0.2) is 24.3 Å². The van der Waals surface area contributed by atoms with E-state index in [2.05, 4.69) is 10.6 Å². The minimum Gasteiger partial charge on any atom is -0.497 e. The monoisotopic (exact) mass is 250 g/mol. The van der Waals surface area contributed by atoms with Crippen LogP contribution < -0.4 is 15.4 Å². The lowest BCUT2D eigenvalue weighted by molar-refractivity contribution is -0.124. The third-order valence-corrected chi connectivity index (χ3v) is 3.30. The lowest BCUT2D eigenvalue weighted by atomic mass is 9.93. The minimum absolute atomic E-state index is 0.163. The van der Waals surface area contributed by atoms with Gasteiger partial charge in [0.05, 0.1) is 12.6 Å². The third-order valence-electron chi connectivity index (χ3n) is 3.30. The lowest BCUT2D eigenvalue weighted by Gasteiger charge is -2.21. The van der Waals surface area contributed by atoms with Crippen molar-refractivity contribution in [2.24, 2.45) is 0 Å². The van der Waals surface area contributed by atoms with Gasteiger partial charge in [-0.25, -0.2) is 0 Å². The van der Waals surface area contributed by atoms with Crippen molar-refractivity contribution in [3.8, 4) is 5.75 Å². The Labute approximate surface area is 106 Å². The summed E-state index contributed by atoms with van der Waals surface area (Å²) in [6.45, 7) is 1.79. The first kappa shape index (κ1) is 12.9. The minimum atomic E-state index is -0.946. The Kier molecular flexibility index (Phi) is 3.54. The number of carbonyl (C=O) groups is 1. The number of aryl methyl sites for hydroxylation is 1. The van der Waals surface area contributed by atoms with E-state index < -0.39 is 11.9 Å². The summed E-state index contributed by atoms with van der Waals surface area (Å²) in [5.74, 6) is 0.653. The zero-order valence-electron chi connectivity index (χ0n) is 10.6. The standard InChI is InChI=1S/C13H18N2O3/c1-13(11(16)14-12(17)15-13)8-7-9-3-5-10(18-2)6-4-9/h3-6,12,15,17H,7-8H2,1-2H3,(H,14,16)/t12-,13+/m0/s1. The number of ether oxygens (including phenoxy) is 1. The molecule has 0 aromatic heterocycles. The van der Waals surface area contributed by atoms with E-state index in [0.29, 0.717) is 6.42 Å². The first-order valence-corrected chi connectivity index (χ1v) is 5.93. The Morgan fingerprint density at radius 2 is 2.06 bits per heavy atom. The molecule has 0 saturated carbocycles. The number of amides is 1. The van der Waals surface area contributed by atoms with Crippen LogP contribution in [-0.4, -0.2) is 30.0 Å². The van der Waals surface area contributed by atoms with Gasteiger partial charge < -0.3 is 15.2 Å². The molecule has 98 valence electrons. The fourth-order valence-electron chi connectivity index (χ4n) is 2.06. The van der Waals surface area contributed by atoms with Crippen LogP contribution in [0, 0.1) is 0 Å². The van der Waals surface area contributed by atoms with Crippen LogP contribution in [-0.2, 0) is 11.2 Å². The first-order valence-electron chi connectivity index (χ1n) is 5.93. The molecule has 1 aliphatic rings. The van der Waals surface area contributed by atoms with E-state index in [0.717, 1.165) is 17.7 Å². The van der Waals surface area contributed by atoms with Crippen LogP contribution in [0.2, 0.25) is 0 Å². The number of aliphatic hydroxyl groups excluding tert-OH is 1. The molecule has 0 spiro atoms. The molecule has 2 atom stereocenters. The van der Waals surface area contributed by atoms with Gasteiger partial charge in [0, 0.05) is 0 Å². The number of carbonyl (C=O) groups excluding carboxylic acids is 1. The SMILES string of the molecule is COc1ccc(CC[C@@]2(C)N[C@@H](O)NC2=O)cc1. The highest BCUT2D eigenvalue weighted by Crippen LogP contribution is 2.20. The first-order chi connectivity index (χ1) is 8.53. The van der Waals surface area contributed by atoms with E-state index in [1.165, 1.54) is 0 Å². The summed E-state index contributed by atoms with van der Waals surface area (Å²) in [6, 6.07) is 7.75. The van der Waals surface area contributed by atoms with Crippen molar-refractivity contribution >= 4 is 5.91 Å². The zero-order valence-corrected chi connectivity index (χ0v) is 10.6. The predicted octanol–water partition coefficient (Wildman–Crippen LogP) is 0.382. The summed E-state index contributed by atoms with van der Waals surface area (Å²) in [6.07, 6.45) is 0.439. The second kappa shape index (κ2) is 4.96. The van der Waals surface area contributed by atoms with Crippen LogP contribution in [0.1, 0.15) is 18.9 Å². The van der Waals surface area contributed by atoms with Gasteiger partial charge in [-0.3, -0.25) is 10.1 Å². The molecule has 0 aliphatic carbocycles.